The molecule has 3 amide bonds. The highest BCUT2D eigenvalue weighted by molar-refractivity contribution is 5.90. The highest BCUT2D eigenvalue weighted by Gasteiger charge is 2.33. The van der Waals surface area contributed by atoms with E-state index in [0.717, 1.165) is 0 Å². The highest BCUT2D eigenvalue weighted by Crippen LogP contribution is 2.17. The van der Waals surface area contributed by atoms with Crippen molar-refractivity contribution in [3.8, 4) is 0 Å². The van der Waals surface area contributed by atoms with E-state index < -0.39 is 11.9 Å². The van der Waals surface area contributed by atoms with E-state index in [1.165, 1.54) is 4.90 Å². The topological polar surface area (TPSA) is 92.5 Å². The summed E-state index contributed by atoms with van der Waals surface area (Å²) >= 11 is 0. The van der Waals surface area contributed by atoms with Crippen molar-refractivity contribution in [1.82, 2.24) is 10.2 Å². The van der Waals surface area contributed by atoms with E-state index in [-0.39, 0.29) is 5.91 Å². The maximum absolute atomic E-state index is 11.3. The molecule has 14 heavy (non-hydrogen) atoms. The lowest BCUT2D eigenvalue weighted by Crippen LogP contribution is -2.44. The summed E-state index contributed by atoms with van der Waals surface area (Å²) in [5, 5.41) is 2.43. The number of likely N-dealkylation sites (tertiary alicyclic amines) is 1. The first kappa shape index (κ1) is 10.5. The van der Waals surface area contributed by atoms with Crippen LogP contribution in [0.1, 0.15) is 12.8 Å². The molecular weight excluding hydrogens is 186 g/mol. The zero-order chi connectivity index (χ0) is 10.6. The van der Waals surface area contributed by atoms with Gasteiger partial charge in [-0.2, -0.15) is 0 Å². The van der Waals surface area contributed by atoms with Gasteiger partial charge in [0.25, 0.3) is 0 Å². The van der Waals surface area contributed by atoms with Crippen molar-refractivity contribution in [3.63, 3.8) is 0 Å². The van der Waals surface area contributed by atoms with Crippen molar-refractivity contribution in [2.45, 2.75) is 18.9 Å². The molecule has 1 heterocycles. The van der Waals surface area contributed by atoms with Gasteiger partial charge in [0, 0.05) is 19.5 Å². The molecule has 0 aromatic heterocycles. The summed E-state index contributed by atoms with van der Waals surface area (Å²) in [5.41, 5.74) is 5.13. The minimum absolute atomic E-state index is 0.0819. The van der Waals surface area contributed by atoms with Gasteiger partial charge in [0.1, 0.15) is 6.04 Å². The van der Waals surface area contributed by atoms with Crippen LogP contribution in [0.5, 0.6) is 0 Å². The van der Waals surface area contributed by atoms with E-state index in [9.17, 15) is 14.4 Å². The Bertz CT molecular complexity index is 254. The van der Waals surface area contributed by atoms with Crippen molar-refractivity contribution >= 4 is 18.2 Å². The van der Waals surface area contributed by atoms with Crippen LogP contribution in [-0.2, 0) is 14.4 Å². The van der Waals surface area contributed by atoms with Gasteiger partial charge < -0.3 is 16.0 Å². The number of hydrogen-bond donors (Lipinski definition) is 2. The van der Waals surface area contributed by atoms with Crippen LogP contribution < -0.4 is 11.1 Å². The SMILES string of the molecule is NC(=O)C1CCC(=O)N1CCNC=O. The van der Waals surface area contributed by atoms with Crippen LogP contribution in [0.15, 0.2) is 0 Å². The zero-order valence-corrected chi connectivity index (χ0v) is 7.73. The first-order valence-electron chi connectivity index (χ1n) is 4.42. The highest BCUT2D eigenvalue weighted by atomic mass is 16.2. The fourth-order valence-electron chi connectivity index (χ4n) is 1.55. The van der Waals surface area contributed by atoms with Crippen LogP contribution in [0.25, 0.3) is 0 Å². The molecule has 3 N–H and O–H groups in total. The van der Waals surface area contributed by atoms with E-state index in [1.807, 2.05) is 0 Å². The van der Waals surface area contributed by atoms with Gasteiger partial charge in [-0.15, -0.1) is 0 Å². The second-order valence-corrected chi connectivity index (χ2v) is 3.12. The maximum Gasteiger partial charge on any atom is 0.240 e. The Kier molecular flexibility index (Phi) is 3.44. The number of primary amides is 1. The van der Waals surface area contributed by atoms with Crippen molar-refractivity contribution in [1.29, 1.82) is 0 Å². The Morgan fingerprint density at radius 1 is 1.71 bits per heavy atom. The average Bonchev–Trinajstić information content (AvgIpc) is 2.48. The fraction of sp³-hybridized carbons (Fsp3) is 0.625. The zero-order valence-electron chi connectivity index (χ0n) is 7.73. The van der Waals surface area contributed by atoms with Gasteiger partial charge in [0.15, 0.2) is 0 Å². The van der Waals surface area contributed by atoms with Gasteiger partial charge >= 0.3 is 0 Å². The molecule has 1 fully saturated rings. The van der Waals surface area contributed by atoms with Gasteiger partial charge in [0.2, 0.25) is 18.2 Å². The number of nitrogens with two attached hydrogens (primary N) is 1. The van der Waals surface area contributed by atoms with Crippen molar-refractivity contribution in [3.05, 3.63) is 0 Å². The molecule has 1 unspecified atom stereocenters. The van der Waals surface area contributed by atoms with Crippen molar-refractivity contribution < 1.29 is 14.4 Å². The predicted octanol–water partition coefficient (Wildman–Crippen LogP) is -1.79. The van der Waals surface area contributed by atoms with Gasteiger partial charge in [0.05, 0.1) is 0 Å². The van der Waals surface area contributed by atoms with Crippen LogP contribution in [-0.4, -0.2) is 42.3 Å². The standard InChI is InChI=1S/C8H13N3O3/c9-8(14)6-1-2-7(13)11(6)4-3-10-5-12/h5-6H,1-4H2,(H2,9,14)(H,10,12). The second kappa shape index (κ2) is 4.59. The molecule has 1 atom stereocenters. The van der Waals surface area contributed by atoms with Crippen LogP contribution in [0.3, 0.4) is 0 Å². The summed E-state index contributed by atoms with van der Waals surface area (Å²) in [6.07, 6.45) is 1.39. The third-order valence-corrected chi connectivity index (χ3v) is 2.24. The number of rotatable bonds is 5. The molecule has 6 nitrogen and oxygen atoms in total. The largest absolute Gasteiger partial charge is 0.368 e. The van der Waals surface area contributed by atoms with Gasteiger partial charge in [-0.25, -0.2) is 0 Å². The van der Waals surface area contributed by atoms with Crippen LogP contribution in [0.2, 0.25) is 0 Å². The molecule has 6 heteroatoms. The molecule has 0 aliphatic carbocycles. The number of nitrogens with zero attached hydrogens (tertiary/aromatic N) is 1. The summed E-state index contributed by atoms with van der Waals surface area (Å²) in [5.74, 6) is -0.566. The van der Waals surface area contributed by atoms with Crippen molar-refractivity contribution in [2.75, 3.05) is 13.1 Å². The van der Waals surface area contributed by atoms with Gasteiger partial charge in [-0.3, -0.25) is 14.4 Å². The lowest BCUT2D eigenvalue weighted by Gasteiger charge is -2.21. The molecule has 78 valence electrons. The lowest BCUT2D eigenvalue weighted by molar-refractivity contribution is -0.134. The summed E-state index contributed by atoms with van der Waals surface area (Å²) in [4.78, 5) is 33.6. The Morgan fingerprint density at radius 2 is 2.43 bits per heavy atom. The lowest BCUT2D eigenvalue weighted by atomic mass is 10.2. The summed E-state index contributed by atoms with van der Waals surface area (Å²) in [6, 6.07) is -0.504. The third kappa shape index (κ3) is 2.21. The number of nitrogens with one attached hydrogen (secondary N) is 1. The first-order chi connectivity index (χ1) is 6.66. The average molecular weight is 199 g/mol. The van der Waals surface area contributed by atoms with Crippen LogP contribution >= 0.6 is 0 Å². The molecule has 1 rings (SSSR count). The first-order valence-corrected chi connectivity index (χ1v) is 4.42. The molecule has 0 aromatic carbocycles. The normalized spacial score (nSPS) is 21.0. The number of carbonyl (C=O) groups is 3. The Morgan fingerprint density at radius 3 is 3.00 bits per heavy atom. The fourth-order valence-corrected chi connectivity index (χ4v) is 1.55. The van der Waals surface area contributed by atoms with Crippen LogP contribution in [0, 0.1) is 0 Å². The van der Waals surface area contributed by atoms with E-state index >= 15 is 0 Å². The van der Waals surface area contributed by atoms with Crippen LogP contribution in [0.4, 0.5) is 0 Å². The molecule has 1 aliphatic heterocycles. The Labute approximate surface area is 81.4 Å². The molecule has 0 saturated carbocycles. The smallest absolute Gasteiger partial charge is 0.240 e. The molecule has 0 radical (unpaired) electrons. The monoisotopic (exact) mass is 199 g/mol. The Balaban J connectivity index is 2.49. The van der Waals surface area contributed by atoms with E-state index in [2.05, 4.69) is 5.32 Å². The predicted molar refractivity (Wildman–Crippen MR) is 48.0 cm³/mol. The molecule has 0 spiro atoms. The van der Waals surface area contributed by atoms with E-state index in [0.29, 0.717) is 32.3 Å². The second-order valence-electron chi connectivity index (χ2n) is 3.12. The summed E-state index contributed by atoms with van der Waals surface area (Å²) < 4.78 is 0. The summed E-state index contributed by atoms with van der Waals surface area (Å²) in [6.45, 7) is 0.685. The van der Waals surface area contributed by atoms with Gasteiger partial charge in [-0.05, 0) is 6.42 Å². The maximum atomic E-state index is 11.3. The third-order valence-electron chi connectivity index (χ3n) is 2.24. The summed E-state index contributed by atoms with van der Waals surface area (Å²) in [7, 11) is 0. The molecule has 0 aromatic rings. The molecular formula is C8H13N3O3. The number of amides is 3. The number of carbonyl (C=O) groups excluding carboxylic acids is 3. The molecule has 0 bridgehead atoms. The van der Waals surface area contributed by atoms with E-state index in [1.54, 1.807) is 0 Å². The molecule has 1 aliphatic rings. The minimum atomic E-state index is -0.504. The Hall–Kier alpha value is -1.59. The molecule has 1 saturated heterocycles. The minimum Gasteiger partial charge on any atom is -0.368 e. The van der Waals surface area contributed by atoms with E-state index in [4.69, 9.17) is 5.73 Å². The number of hydrogen-bond acceptors (Lipinski definition) is 3. The van der Waals surface area contributed by atoms with Gasteiger partial charge in [-0.1, -0.05) is 0 Å². The van der Waals surface area contributed by atoms with Crippen molar-refractivity contribution in [2.24, 2.45) is 5.73 Å². The quantitative estimate of drug-likeness (QED) is 0.404.